The molecular formula is C13H21N3O3S2. The highest BCUT2D eigenvalue weighted by molar-refractivity contribution is 8.00. The Morgan fingerprint density at radius 2 is 1.81 bits per heavy atom. The smallest absolute Gasteiger partial charge is 0.328 e. The molecule has 1 rings (SSSR count). The molecule has 0 aliphatic carbocycles. The predicted molar refractivity (Wildman–Crippen MR) is 86.8 cm³/mol. The topological polar surface area (TPSA) is 101 Å². The third-order valence-corrected chi connectivity index (χ3v) is 4.75. The highest BCUT2D eigenvalue weighted by atomic mass is 32.2. The molecule has 6 nitrogen and oxygen atoms in total. The molecule has 21 heavy (non-hydrogen) atoms. The number of anilines is 1. The van der Waals surface area contributed by atoms with E-state index < -0.39 is 21.6 Å². The second kappa shape index (κ2) is 7.04. The summed E-state index contributed by atoms with van der Waals surface area (Å²) in [5.74, 6) is 0.210. The van der Waals surface area contributed by atoms with E-state index in [9.17, 15) is 13.2 Å². The molecule has 0 saturated heterocycles. The molecule has 2 amide bonds. The lowest BCUT2D eigenvalue weighted by molar-refractivity contribution is 0.237. The molecule has 0 saturated carbocycles. The third-order valence-electron chi connectivity index (χ3n) is 2.24. The van der Waals surface area contributed by atoms with Crippen LogP contribution in [0.1, 0.15) is 20.8 Å². The fourth-order valence-electron chi connectivity index (χ4n) is 1.39. The summed E-state index contributed by atoms with van der Waals surface area (Å²) >= 11 is 1.39. The summed E-state index contributed by atoms with van der Waals surface area (Å²) in [5, 5.41) is 2.54. The average Bonchev–Trinajstić information content (AvgIpc) is 2.28. The van der Waals surface area contributed by atoms with E-state index in [-0.39, 0.29) is 5.75 Å². The maximum atomic E-state index is 11.8. The number of carbonyl (C=O) groups excluding carboxylic acids is 1. The minimum absolute atomic E-state index is 0.139. The molecule has 1 aromatic rings. The molecule has 0 bridgehead atoms. The Labute approximate surface area is 129 Å². The van der Waals surface area contributed by atoms with Crippen molar-refractivity contribution in [2.45, 2.75) is 31.2 Å². The molecule has 8 heteroatoms. The van der Waals surface area contributed by atoms with Crippen LogP contribution in [0.25, 0.3) is 0 Å². The van der Waals surface area contributed by atoms with Crippen LogP contribution in [-0.2, 0) is 10.0 Å². The first kappa shape index (κ1) is 17.6. The van der Waals surface area contributed by atoms with Crippen LogP contribution < -0.4 is 15.8 Å². The number of nitrogens with two attached hydrogens (primary N) is 1. The molecule has 0 heterocycles. The lowest BCUT2D eigenvalue weighted by Gasteiger charge is -2.20. The molecule has 0 radical (unpaired) electrons. The number of urea groups is 1. The van der Waals surface area contributed by atoms with Gasteiger partial charge in [0, 0.05) is 21.9 Å². The normalized spacial score (nSPS) is 12.0. The monoisotopic (exact) mass is 331 g/mol. The molecule has 0 spiro atoms. The highest BCUT2D eigenvalue weighted by Gasteiger charge is 2.19. The average molecular weight is 331 g/mol. The molecule has 118 valence electrons. The van der Waals surface area contributed by atoms with Crippen molar-refractivity contribution in [3.63, 3.8) is 0 Å². The number of nitrogens with one attached hydrogen (secondary N) is 2. The van der Waals surface area contributed by atoms with Crippen LogP contribution in [0.4, 0.5) is 10.5 Å². The van der Waals surface area contributed by atoms with Crippen molar-refractivity contribution < 1.29 is 13.2 Å². The molecule has 0 fully saturated rings. The van der Waals surface area contributed by atoms with Crippen molar-refractivity contribution in [1.29, 1.82) is 0 Å². The fraction of sp³-hybridized carbons (Fsp3) is 0.462. The van der Waals surface area contributed by atoms with Gasteiger partial charge in [-0.25, -0.2) is 17.9 Å². The van der Waals surface area contributed by atoms with Crippen LogP contribution in [0.2, 0.25) is 0 Å². The largest absolute Gasteiger partial charge is 0.399 e. The van der Waals surface area contributed by atoms with Gasteiger partial charge in [0.25, 0.3) is 0 Å². The number of hydrogen-bond acceptors (Lipinski definition) is 5. The first-order valence-corrected chi connectivity index (χ1v) is 9.02. The molecule has 0 atom stereocenters. The second-order valence-electron chi connectivity index (χ2n) is 5.54. The molecule has 0 aromatic heterocycles. The van der Waals surface area contributed by atoms with Gasteiger partial charge in [0.05, 0.1) is 5.75 Å². The van der Waals surface area contributed by atoms with Crippen LogP contribution in [0, 0.1) is 0 Å². The molecule has 1 aromatic carbocycles. The lowest BCUT2D eigenvalue weighted by atomic mass is 10.1. The van der Waals surface area contributed by atoms with E-state index in [0.29, 0.717) is 11.4 Å². The number of amides is 2. The van der Waals surface area contributed by atoms with Crippen LogP contribution in [0.5, 0.6) is 0 Å². The van der Waals surface area contributed by atoms with Crippen molar-refractivity contribution in [2.24, 2.45) is 0 Å². The molecule has 0 aliphatic rings. The van der Waals surface area contributed by atoms with Crippen molar-refractivity contribution in [2.75, 3.05) is 17.2 Å². The number of benzene rings is 1. The van der Waals surface area contributed by atoms with Crippen LogP contribution in [-0.4, -0.2) is 31.5 Å². The number of hydrogen-bond donors (Lipinski definition) is 3. The number of thioether (sulfide) groups is 1. The number of carbonyl (C=O) groups is 1. The standard InChI is InChI=1S/C13H21N3O3S2/c1-13(2,3)15-12(17)16-21(18,19)9-8-20-11-6-4-10(14)5-7-11/h4-7H,8-9,14H2,1-3H3,(H2,15,16,17). The Bertz CT molecular complexity index is 578. The summed E-state index contributed by atoms with van der Waals surface area (Å²) in [6.45, 7) is 5.32. The Kier molecular flexibility index (Phi) is 5.91. The molecule has 4 N–H and O–H groups in total. The van der Waals surface area contributed by atoms with E-state index in [0.717, 1.165) is 4.90 Å². The first-order valence-electron chi connectivity index (χ1n) is 6.38. The van der Waals surface area contributed by atoms with E-state index in [4.69, 9.17) is 5.73 Å². The summed E-state index contributed by atoms with van der Waals surface area (Å²) < 4.78 is 25.5. The molecule has 0 aliphatic heterocycles. The van der Waals surface area contributed by atoms with E-state index in [2.05, 4.69) is 5.32 Å². The maximum absolute atomic E-state index is 11.8. The third kappa shape index (κ3) is 7.81. The van der Waals surface area contributed by atoms with Crippen LogP contribution >= 0.6 is 11.8 Å². The lowest BCUT2D eigenvalue weighted by Crippen LogP contribution is -2.48. The van der Waals surface area contributed by atoms with Gasteiger partial charge < -0.3 is 11.1 Å². The van der Waals surface area contributed by atoms with Crippen LogP contribution in [0.15, 0.2) is 29.2 Å². The zero-order valence-corrected chi connectivity index (χ0v) is 14.0. The zero-order valence-electron chi connectivity index (χ0n) is 12.3. The fourth-order valence-corrected chi connectivity index (χ4v) is 3.60. The molecular weight excluding hydrogens is 310 g/mol. The Morgan fingerprint density at radius 1 is 1.24 bits per heavy atom. The van der Waals surface area contributed by atoms with Gasteiger partial charge in [-0.15, -0.1) is 11.8 Å². The van der Waals surface area contributed by atoms with Gasteiger partial charge in [-0.3, -0.25) is 0 Å². The quantitative estimate of drug-likeness (QED) is 0.564. The van der Waals surface area contributed by atoms with Gasteiger partial charge in [-0.05, 0) is 45.0 Å². The SMILES string of the molecule is CC(C)(C)NC(=O)NS(=O)(=O)CCSc1ccc(N)cc1. The number of nitrogen functional groups attached to an aromatic ring is 1. The summed E-state index contributed by atoms with van der Waals surface area (Å²) in [6, 6.07) is 6.45. The van der Waals surface area contributed by atoms with Crippen molar-refractivity contribution >= 4 is 33.5 Å². The summed E-state index contributed by atoms with van der Waals surface area (Å²) in [4.78, 5) is 12.5. The van der Waals surface area contributed by atoms with Crippen LogP contribution in [0.3, 0.4) is 0 Å². The van der Waals surface area contributed by atoms with E-state index in [1.165, 1.54) is 11.8 Å². The highest BCUT2D eigenvalue weighted by Crippen LogP contribution is 2.19. The maximum Gasteiger partial charge on any atom is 0.328 e. The minimum atomic E-state index is -3.64. The zero-order chi connectivity index (χ0) is 16.1. The van der Waals surface area contributed by atoms with Crippen molar-refractivity contribution in [1.82, 2.24) is 10.0 Å². The Balaban J connectivity index is 2.42. The Morgan fingerprint density at radius 3 is 2.33 bits per heavy atom. The van der Waals surface area contributed by atoms with Gasteiger partial charge >= 0.3 is 6.03 Å². The van der Waals surface area contributed by atoms with E-state index in [1.54, 1.807) is 32.9 Å². The molecule has 0 unspecified atom stereocenters. The van der Waals surface area contributed by atoms with Gasteiger partial charge in [-0.1, -0.05) is 0 Å². The first-order chi connectivity index (χ1) is 9.57. The van der Waals surface area contributed by atoms with Crippen molar-refractivity contribution in [3.05, 3.63) is 24.3 Å². The minimum Gasteiger partial charge on any atom is -0.399 e. The predicted octanol–water partition coefficient (Wildman–Crippen LogP) is 1.79. The second-order valence-corrected chi connectivity index (χ2v) is 8.55. The summed E-state index contributed by atoms with van der Waals surface area (Å²) in [7, 11) is -3.64. The summed E-state index contributed by atoms with van der Waals surface area (Å²) in [6.07, 6.45) is 0. The van der Waals surface area contributed by atoms with Gasteiger partial charge in [0.2, 0.25) is 10.0 Å². The number of rotatable bonds is 5. The van der Waals surface area contributed by atoms with Gasteiger partial charge in [0.1, 0.15) is 0 Å². The van der Waals surface area contributed by atoms with Gasteiger partial charge in [0.15, 0.2) is 0 Å². The van der Waals surface area contributed by atoms with Gasteiger partial charge in [-0.2, -0.15) is 0 Å². The van der Waals surface area contributed by atoms with Crippen molar-refractivity contribution in [3.8, 4) is 0 Å². The summed E-state index contributed by atoms with van der Waals surface area (Å²) in [5.41, 5.74) is 5.74. The van der Waals surface area contributed by atoms with E-state index in [1.807, 2.05) is 16.9 Å². The number of sulfonamides is 1. The Hall–Kier alpha value is -1.41. The van der Waals surface area contributed by atoms with E-state index >= 15 is 0 Å².